The highest BCUT2D eigenvalue weighted by Crippen LogP contribution is 2.42. The molecule has 2 heteroatoms. The second-order valence-electron chi connectivity index (χ2n) is 13.0. The average molecular weight is 637 g/mol. The quantitative estimate of drug-likeness (QED) is 0.171. The summed E-state index contributed by atoms with van der Waals surface area (Å²) in [5, 5.41) is 10.2. The molecule has 0 aliphatic heterocycles. The van der Waals surface area contributed by atoms with Gasteiger partial charge in [0.15, 0.2) is 0 Å². The minimum atomic E-state index is 1.11. The predicted molar refractivity (Wildman–Crippen MR) is 213 cm³/mol. The molecule has 0 radical (unpaired) electrons. The van der Waals surface area contributed by atoms with Crippen molar-refractivity contribution >= 4 is 71.2 Å². The van der Waals surface area contributed by atoms with Crippen molar-refractivity contribution in [3.05, 3.63) is 194 Å². The summed E-state index contributed by atoms with van der Waals surface area (Å²) < 4.78 is 2.38. The van der Waals surface area contributed by atoms with Crippen molar-refractivity contribution in [3.8, 4) is 16.8 Å². The Kier molecular flexibility index (Phi) is 6.53. The van der Waals surface area contributed by atoms with Crippen LogP contribution in [0.4, 0.5) is 17.1 Å². The van der Waals surface area contributed by atoms with Crippen molar-refractivity contribution in [2.75, 3.05) is 4.90 Å². The van der Waals surface area contributed by atoms with E-state index in [4.69, 9.17) is 0 Å². The van der Waals surface area contributed by atoms with Gasteiger partial charge in [0.2, 0.25) is 0 Å². The first-order chi connectivity index (χ1) is 24.8. The van der Waals surface area contributed by atoms with Crippen LogP contribution in [0, 0.1) is 0 Å². The van der Waals surface area contributed by atoms with Gasteiger partial charge in [0.25, 0.3) is 0 Å². The van der Waals surface area contributed by atoms with Crippen molar-refractivity contribution in [3.63, 3.8) is 0 Å². The van der Waals surface area contributed by atoms with E-state index in [1.807, 2.05) is 0 Å². The Morgan fingerprint density at radius 3 is 1.72 bits per heavy atom. The van der Waals surface area contributed by atoms with E-state index in [0.29, 0.717) is 0 Å². The summed E-state index contributed by atoms with van der Waals surface area (Å²) in [7, 11) is 0. The van der Waals surface area contributed by atoms with Gasteiger partial charge in [-0.15, -0.1) is 0 Å². The Morgan fingerprint density at radius 1 is 0.340 bits per heavy atom. The summed E-state index contributed by atoms with van der Waals surface area (Å²) in [5.41, 5.74) is 9.33. The van der Waals surface area contributed by atoms with Crippen LogP contribution in [0.1, 0.15) is 0 Å². The van der Waals surface area contributed by atoms with Gasteiger partial charge in [0.05, 0.1) is 11.0 Å². The van der Waals surface area contributed by atoms with Gasteiger partial charge in [0.1, 0.15) is 0 Å². The fourth-order valence-electron chi connectivity index (χ4n) is 7.88. The maximum Gasteiger partial charge on any atom is 0.0561 e. The summed E-state index contributed by atoms with van der Waals surface area (Å²) in [6, 6.07) is 70.4. The average Bonchev–Trinajstić information content (AvgIpc) is 3.52. The number of para-hydroxylation sites is 3. The lowest BCUT2D eigenvalue weighted by molar-refractivity contribution is 1.18. The third-order valence-corrected chi connectivity index (χ3v) is 10.1. The summed E-state index contributed by atoms with van der Waals surface area (Å²) in [4.78, 5) is 2.36. The van der Waals surface area contributed by atoms with E-state index in [-0.39, 0.29) is 0 Å². The number of hydrogen-bond acceptors (Lipinski definition) is 1. The zero-order valence-electron chi connectivity index (χ0n) is 27.4. The smallest absolute Gasteiger partial charge is 0.0561 e. The third-order valence-electron chi connectivity index (χ3n) is 10.1. The number of rotatable bonds is 5. The number of fused-ring (bicyclic) bond motifs is 8. The standard InChI is InChI=1S/C48H32N2/c1-3-14-36(15-4-1)49(39-29-30-43-42-20-11-12-22-46(42)50(47(43)32-39)37-16-5-2-6-17-37)38-27-25-34(26-28-38)45-31-35-24-23-33-13-7-8-18-40(33)48(35)44-21-10-9-19-41(44)45/h1-32H. The number of nitrogens with zero attached hydrogens (tertiary/aromatic N) is 2. The summed E-state index contributed by atoms with van der Waals surface area (Å²) in [6.45, 7) is 0. The zero-order valence-corrected chi connectivity index (χ0v) is 27.4. The lowest BCUT2D eigenvalue weighted by atomic mass is 9.91. The van der Waals surface area contributed by atoms with Crippen molar-refractivity contribution in [1.29, 1.82) is 0 Å². The van der Waals surface area contributed by atoms with Crippen LogP contribution in [0.15, 0.2) is 194 Å². The molecule has 1 heterocycles. The molecule has 0 aliphatic rings. The molecule has 50 heavy (non-hydrogen) atoms. The molecule has 0 spiro atoms. The third kappa shape index (κ3) is 4.50. The van der Waals surface area contributed by atoms with Crippen molar-refractivity contribution in [1.82, 2.24) is 4.57 Å². The largest absolute Gasteiger partial charge is 0.310 e. The van der Waals surface area contributed by atoms with Crippen LogP contribution >= 0.6 is 0 Å². The summed E-state index contributed by atoms with van der Waals surface area (Å²) >= 11 is 0. The van der Waals surface area contributed by atoms with Crippen LogP contribution in [0.3, 0.4) is 0 Å². The number of aromatic nitrogens is 1. The molecule has 0 saturated carbocycles. The molecule has 0 fully saturated rings. The predicted octanol–water partition coefficient (Wildman–Crippen LogP) is 13.4. The summed E-state index contributed by atoms with van der Waals surface area (Å²) in [6.07, 6.45) is 0. The highest BCUT2D eigenvalue weighted by molar-refractivity contribution is 6.23. The maximum absolute atomic E-state index is 2.38. The van der Waals surface area contributed by atoms with E-state index >= 15 is 0 Å². The lowest BCUT2D eigenvalue weighted by Crippen LogP contribution is -2.10. The van der Waals surface area contributed by atoms with Gasteiger partial charge in [-0.3, -0.25) is 0 Å². The fourth-order valence-corrected chi connectivity index (χ4v) is 7.88. The minimum Gasteiger partial charge on any atom is -0.310 e. The Labute approximate surface area is 290 Å². The maximum atomic E-state index is 2.38. The highest BCUT2D eigenvalue weighted by atomic mass is 15.1. The van der Waals surface area contributed by atoms with Crippen LogP contribution in [0.2, 0.25) is 0 Å². The minimum absolute atomic E-state index is 1.11. The highest BCUT2D eigenvalue weighted by Gasteiger charge is 2.18. The molecule has 2 nitrogen and oxygen atoms in total. The Morgan fingerprint density at radius 2 is 0.920 bits per heavy atom. The van der Waals surface area contributed by atoms with Crippen LogP contribution in [-0.2, 0) is 0 Å². The molecule has 9 aromatic carbocycles. The van der Waals surface area contributed by atoms with Crippen molar-refractivity contribution < 1.29 is 0 Å². The van der Waals surface area contributed by atoms with Gasteiger partial charge in [-0.05, 0) is 104 Å². The lowest BCUT2D eigenvalue weighted by Gasteiger charge is -2.26. The van der Waals surface area contributed by atoms with Crippen molar-refractivity contribution in [2.24, 2.45) is 0 Å². The van der Waals surface area contributed by atoms with Gasteiger partial charge >= 0.3 is 0 Å². The molecular weight excluding hydrogens is 605 g/mol. The van der Waals surface area contributed by atoms with Crippen molar-refractivity contribution in [2.45, 2.75) is 0 Å². The van der Waals surface area contributed by atoms with Gasteiger partial charge in [0, 0.05) is 33.5 Å². The molecule has 0 saturated heterocycles. The van der Waals surface area contributed by atoms with E-state index in [0.717, 1.165) is 22.7 Å². The molecule has 10 aromatic rings. The monoisotopic (exact) mass is 636 g/mol. The Balaban J connectivity index is 1.14. The first-order valence-corrected chi connectivity index (χ1v) is 17.2. The first kappa shape index (κ1) is 28.4. The van der Waals surface area contributed by atoms with E-state index < -0.39 is 0 Å². The Bertz CT molecular complexity index is 2850. The van der Waals surface area contributed by atoms with Crippen LogP contribution in [0.5, 0.6) is 0 Å². The number of anilines is 3. The molecule has 0 atom stereocenters. The van der Waals surface area contributed by atoms with E-state index in [1.165, 1.54) is 65.3 Å². The number of hydrogen-bond donors (Lipinski definition) is 0. The molecule has 0 bridgehead atoms. The second kappa shape index (κ2) is 11.5. The summed E-state index contributed by atoms with van der Waals surface area (Å²) in [5.74, 6) is 0. The SMILES string of the molecule is c1ccc(N(c2ccc(-c3cc4ccc5ccccc5c4c4ccccc34)cc2)c2ccc3c4ccccc4n(-c4ccccc4)c3c2)cc1. The molecule has 234 valence electrons. The normalized spacial score (nSPS) is 11.6. The topological polar surface area (TPSA) is 8.17 Å². The molecule has 1 aromatic heterocycles. The van der Waals surface area contributed by atoms with Crippen LogP contribution in [0.25, 0.3) is 70.9 Å². The van der Waals surface area contributed by atoms with Gasteiger partial charge < -0.3 is 9.47 Å². The first-order valence-electron chi connectivity index (χ1n) is 17.2. The Hall–Kier alpha value is -6.64. The molecule has 0 unspecified atom stereocenters. The van der Waals surface area contributed by atoms with E-state index in [1.54, 1.807) is 0 Å². The molecule has 0 N–H and O–H groups in total. The zero-order chi connectivity index (χ0) is 33.0. The second-order valence-corrected chi connectivity index (χ2v) is 13.0. The van der Waals surface area contributed by atoms with Gasteiger partial charge in [-0.25, -0.2) is 0 Å². The van der Waals surface area contributed by atoms with Crippen LogP contribution in [-0.4, -0.2) is 4.57 Å². The fraction of sp³-hybridized carbons (Fsp3) is 0. The molecule has 0 amide bonds. The molecular formula is C48H32N2. The van der Waals surface area contributed by atoms with Crippen LogP contribution < -0.4 is 4.90 Å². The molecule has 10 rings (SSSR count). The number of benzene rings is 9. The van der Waals surface area contributed by atoms with Gasteiger partial charge in [-0.1, -0.05) is 133 Å². The van der Waals surface area contributed by atoms with Gasteiger partial charge in [-0.2, -0.15) is 0 Å². The molecule has 0 aliphatic carbocycles. The van der Waals surface area contributed by atoms with E-state index in [9.17, 15) is 0 Å². The van der Waals surface area contributed by atoms with E-state index in [2.05, 4.69) is 204 Å².